The van der Waals surface area contributed by atoms with Crippen LogP contribution >= 0.6 is 11.6 Å². The number of hydrogen-bond acceptors (Lipinski definition) is 5. The zero-order chi connectivity index (χ0) is 26.3. The van der Waals surface area contributed by atoms with Crippen LogP contribution in [0.1, 0.15) is 47.8 Å². The number of halogens is 4. The molecule has 196 valence electrons. The SMILES string of the molecule is CN(C)c1ncc(-c2ccc(Cl)cc2)c([C@H]2CCCN(C(=O)Cn3nc(C(F)(F)F)c4c3CCC4)C2)n1. The van der Waals surface area contributed by atoms with Crippen molar-refractivity contribution in [2.75, 3.05) is 32.1 Å². The predicted octanol–water partition coefficient (Wildman–Crippen LogP) is 4.97. The molecule has 7 nitrogen and oxygen atoms in total. The van der Waals surface area contributed by atoms with Gasteiger partial charge in [0.25, 0.3) is 0 Å². The normalized spacial score (nSPS) is 17.7. The Labute approximate surface area is 218 Å². The van der Waals surface area contributed by atoms with Gasteiger partial charge in [0.1, 0.15) is 6.54 Å². The maximum absolute atomic E-state index is 13.5. The summed E-state index contributed by atoms with van der Waals surface area (Å²) in [5.41, 5.74) is 2.57. The number of anilines is 1. The maximum Gasteiger partial charge on any atom is 0.435 e. The number of fused-ring (bicyclic) bond motifs is 1. The summed E-state index contributed by atoms with van der Waals surface area (Å²) in [5.74, 6) is 0.299. The number of rotatable bonds is 5. The van der Waals surface area contributed by atoms with E-state index in [1.165, 1.54) is 4.68 Å². The van der Waals surface area contributed by atoms with Gasteiger partial charge in [-0.15, -0.1) is 0 Å². The Hall–Kier alpha value is -3.14. The van der Waals surface area contributed by atoms with E-state index in [9.17, 15) is 18.0 Å². The molecular formula is C26H28ClF3N6O. The summed E-state index contributed by atoms with van der Waals surface area (Å²) in [6.07, 6.45) is 0.381. The van der Waals surface area contributed by atoms with E-state index in [0.29, 0.717) is 49.0 Å². The minimum absolute atomic E-state index is 0.0425. The fraction of sp³-hybridized carbons (Fsp3) is 0.462. The number of piperidine rings is 1. The fourth-order valence-corrected chi connectivity index (χ4v) is 5.41. The van der Waals surface area contributed by atoms with Crippen molar-refractivity contribution >= 4 is 23.5 Å². The van der Waals surface area contributed by atoms with E-state index < -0.39 is 11.9 Å². The van der Waals surface area contributed by atoms with Crippen LogP contribution in [0.15, 0.2) is 30.5 Å². The van der Waals surface area contributed by atoms with Gasteiger partial charge in [0.15, 0.2) is 5.69 Å². The maximum atomic E-state index is 13.5. The third-order valence-electron chi connectivity index (χ3n) is 7.08. The standard InChI is InChI=1S/C26H28ClF3N6O/c1-34(2)25-31-13-20(16-8-10-18(27)11-9-16)23(32-25)17-5-4-12-35(14-17)22(37)15-36-21-7-3-6-19(21)24(33-36)26(28,29)30/h8-11,13,17H,3-7,12,14-15H2,1-2H3/t17-/m0/s1. The van der Waals surface area contributed by atoms with Gasteiger partial charge in [-0.1, -0.05) is 23.7 Å². The van der Waals surface area contributed by atoms with Gasteiger partial charge in [-0.3, -0.25) is 9.48 Å². The molecule has 1 amide bonds. The Kier molecular flexibility index (Phi) is 6.87. The number of alkyl halides is 3. The summed E-state index contributed by atoms with van der Waals surface area (Å²) >= 11 is 6.08. The summed E-state index contributed by atoms with van der Waals surface area (Å²) in [6.45, 7) is 0.785. The first-order valence-corrected chi connectivity index (χ1v) is 12.7. The van der Waals surface area contributed by atoms with Gasteiger partial charge in [-0.05, 0) is 49.8 Å². The summed E-state index contributed by atoms with van der Waals surface area (Å²) in [6, 6.07) is 7.47. The van der Waals surface area contributed by atoms with E-state index in [1.807, 2.05) is 43.3 Å². The van der Waals surface area contributed by atoms with Crippen molar-refractivity contribution in [3.8, 4) is 11.1 Å². The van der Waals surface area contributed by atoms with Crippen molar-refractivity contribution in [3.05, 3.63) is 58.1 Å². The van der Waals surface area contributed by atoms with Gasteiger partial charge in [0, 0.05) is 61.1 Å². The van der Waals surface area contributed by atoms with Crippen LogP contribution in [0.4, 0.5) is 19.1 Å². The van der Waals surface area contributed by atoms with Gasteiger partial charge >= 0.3 is 6.18 Å². The van der Waals surface area contributed by atoms with Crippen molar-refractivity contribution in [1.29, 1.82) is 0 Å². The molecule has 0 N–H and O–H groups in total. The second-order valence-electron chi connectivity index (χ2n) is 9.83. The van der Waals surface area contributed by atoms with Crippen LogP contribution < -0.4 is 4.90 Å². The summed E-state index contributed by atoms with van der Waals surface area (Å²) in [4.78, 5) is 26.2. The number of amides is 1. The number of carbonyl (C=O) groups excluding carboxylic acids is 1. The molecule has 5 rings (SSSR count). The van der Waals surface area contributed by atoms with E-state index in [4.69, 9.17) is 16.6 Å². The Morgan fingerprint density at radius 2 is 1.92 bits per heavy atom. The van der Waals surface area contributed by atoms with Gasteiger partial charge in [0.05, 0.1) is 5.69 Å². The quantitative estimate of drug-likeness (QED) is 0.464. The van der Waals surface area contributed by atoms with E-state index >= 15 is 0 Å². The molecule has 1 fully saturated rings. The second-order valence-corrected chi connectivity index (χ2v) is 10.3. The van der Waals surface area contributed by atoms with Crippen molar-refractivity contribution < 1.29 is 18.0 Å². The molecule has 1 aromatic carbocycles. The van der Waals surface area contributed by atoms with Crippen molar-refractivity contribution in [1.82, 2.24) is 24.6 Å². The molecule has 2 aromatic heterocycles. The molecule has 3 heterocycles. The highest BCUT2D eigenvalue weighted by molar-refractivity contribution is 6.30. The third-order valence-corrected chi connectivity index (χ3v) is 7.33. The van der Waals surface area contributed by atoms with Gasteiger partial charge in [0.2, 0.25) is 11.9 Å². The van der Waals surface area contributed by atoms with Crippen molar-refractivity contribution in [2.45, 2.75) is 50.7 Å². The Morgan fingerprint density at radius 1 is 1.16 bits per heavy atom. The fourth-order valence-electron chi connectivity index (χ4n) is 5.29. The molecule has 1 aliphatic carbocycles. The number of hydrogen-bond donors (Lipinski definition) is 0. The van der Waals surface area contributed by atoms with E-state index in [1.54, 1.807) is 11.1 Å². The highest BCUT2D eigenvalue weighted by Crippen LogP contribution is 2.37. The average molecular weight is 533 g/mol. The smallest absolute Gasteiger partial charge is 0.347 e. The van der Waals surface area contributed by atoms with Crippen LogP contribution in [0.5, 0.6) is 0 Å². The molecule has 37 heavy (non-hydrogen) atoms. The minimum Gasteiger partial charge on any atom is -0.347 e. The van der Waals surface area contributed by atoms with Crippen LogP contribution in [0, 0.1) is 0 Å². The lowest BCUT2D eigenvalue weighted by molar-refractivity contribution is -0.142. The van der Waals surface area contributed by atoms with Crippen LogP contribution in [0.2, 0.25) is 5.02 Å². The molecule has 0 unspecified atom stereocenters. The highest BCUT2D eigenvalue weighted by atomic mass is 35.5. The molecule has 1 saturated heterocycles. The zero-order valence-corrected chi connectivity index (χ0v) is 21.5. The predicted molar refractivity (Wildman–Crippen MR) is 135 cm³/mol. The van der Waals surface area contributed by atoms with Crippen molar-refractivity contribution in [3.63, 3.8) is 0 Å². The Bertz CT molecular complexity index is 1300. The van der Waals surface area contributed by atoms with Gasteiger partial charge in [-0.25, -0.2) is 9.97 Å². The summed E-state index contributed by atoms with van der Waals surface area (Å²) in [7, 11) is 3.74. The molecule has 1 atom stereocenters. The summed E-state index contributed by atoms with van der Waals surface area (Å²) < 4.78 is 41.7. The first-order valence-electron chi connectivity index (χ1n) is 12.4. The molecular weight excluding hydrogens is 505 g/mol. The molecule has 0 spiro atoms. The number of nitrogens with zero attached hydrogens (tertiary/aromatic N) is 6. The average Bonchev–Trinajstić information content (AvgIpc) is 3.48. The minimum atomic E-state index is -4.52. The monoisotopic (exact) mass is 532 g/mol. The molecule has 0 saturated carbocycles. The highest BCUT2D eigenvalue weighted by Gasteiger charge is 2.40. The Morgan fingerprint density at radius 3 is 2.62 bits per heavy atom. The number of likely N-dealkylation sites (tertiary alicyclic amines) is 1. The number of carbonyl (C=O) groups is 1. The lowest BCUT2D eigenvalue weighted by atomic mass is 9.90. The lowest BCUT2D eigenvalue weighted by Crippen LogP contribution is -2.41. The first-order chi connectivity index (χ1) is 17.6. The number of aromatic nitrogens is 4. The van der Waals surface area contributed by atoms with Gasteiger partial charge in [-0.2, -0.15) is 18.3 Å². The van der Waals surface area contributed by atoms with Crippen LogP contribution in [0.3, 0.4) is 0 Å². The molecule has 0 bridgehead atoms. The second kappa shape index (κ2) is 9.96. The van der Waals surface area contributed by atoms with Crippen LogP contribution in [-0.4, -0.2) is 57.7 Å². The first kappa shape index (κ1) is 25.5. The molecule has 1 aliphatic heterocycles. The Balaban J connectivity index is 1.40. The summed E-state index contributed by atoms with van der Waals surface area (Å²) in [5, 5.41) is 4.44. The van der Waals surface area contributed by atoms with Crippen LogP contribution in [-0.2, 0) is 30.4 Å². The molecule has 0 radical (unpaired) electrons. The molecule has 11 heteroatoms. The number of benzene rings is 1. The van der Waals surface area contributed by atoms with Crippen molar-refractivity contribution in [2.24, 2.45) is 0 Å². The van der Waals surface area contributed by atoms with E-state index in [0.717, 1.165) is 29.7 Å². The van der Waals surface area contributed by atoms with Gasteiger partial charge < -0.3 is 9.80 Å². The third kappa shape index (κ3) is 5.16. The van der Waals surface area contributed by atoms with E-state index in [-0.39, 0.29) is 23.9 Å². The van der Waals surface area contributed by atoms with E-state index in [2.05, 4.69) is 10.1 Å². The zero-order valence-electron chi connectivity index (χ0n) is 20.7. The lowest BCUT2D eigenvalue weighted by Gasteiger charge is -2.33. The largest absolute Gasteiger partial charge is 0.435 e. The van der Waals surface area contributed by atoms with Crippen LogP contribution in [0.25, 0.3) is 11.1 Å². The molecule has 3 aromatic rings. The topological polar surface area (TPSA) is 67.2 Å². The molecule has 2 aliphatic rings.